The standard InChI is InChI=1S/C9H9ClO2/c1-5-3-8(12)7(4-11)6(2)9(5)10/h3-4,12H,1-2H3/i1D3,2D3. The molecule has 0 saturated carbocycles. The first-order valence-corrected chi connectivity index (χ1v) is 3.39. The number of halogens is 1. The number of phenolic OH excluding ortho intramolecular Hbond substituents is 1. The highest BCUT2D eigenvalue weighted by Gasteiger charge is 2.09. The lowest BCUT2D eigenvalue weighted by Gasteiger charge is -2.06. The van der Waals surface area contributed by atoms with E-state index >= 15 is 0 Å². The second kappa shape index (κ2) is 3.15. The van der Waals surface area contributed by atoms with E-state index in [1.54, 1.807) is 0 Å². The largest absolute Gasteiger partial charge is 0.507 e. The van der Waals surface area contributed by atoms with Crippen LogP contribution in [0, 0.1) is 13.7 Å². The molecular formula is C9H9ClO2. The predicted octanol–water partition coefficient (Wildman–Crippen LogP) is 2.47. The fourth-order valence-corrected chi connectivity index (χ4v) is 0.934. The smallest absolute Gasteiger partial charge is 0.154 e. The molecule has 0 unspecified atom stereocenters. The van der Waals surface area contributed by atoms with Gasteiger partial charge < -0.3 is 5.11 Å². The Morgan fingerprint density at radius 2 is 2.42 bits per heavy atom. The van der Waals surface area contributed by atoms with Crippen molar-refractivity contribution in [3.63, 3.8) is 0 Å². The van der Waals surface area contributed by atoms with Gasteiger partial charge in [0.2, 0.25) is 0 Å². The average molecular weight is 191 g/mol. The zero-order chi connectivity index (χ0) is 14.3. The number of hydrogen-bond donors (Lipinski definition) is 1. The molecule has 2 nitrogen and oxygen atoms in total. The summed E-state index contributed by atoms with van der Waals surface area (Å²) in [4.78, 5) is 10.8. The van der Waals surface area contributed by atoms with Gasteiger partial charge in [-0.1, -0.05) is 11.6 Å². The van der Waals surface area contributed by atoms with Gasteiger partial charge in [-0.2, -0.15) is 0 Å². The van der Waals surface area contributed by atoms with Gasteiger partial charge in [-0.05, 0) is 30.9 Å². The zero-order valence-corrected chi connectivity index (χ0v) is 6.64. The van der Waals surface area contributed by atoms with E-state index in [1.165, 1.54) is 0 Å². The first-order chi connectivity index (χ1) is 8.00. The molecule has 0 aromatic heterocycles. The Labute approximate surface area is 84.2 Å². The molecule has 0 heterocycles. The molecule has 3 heteroatoms. The number of phenols is 1. The van der Waals surface area contributed by atoms with E-state index in [9.17, 15) is 9.90 Å². The van der Waals surface area contributed by atoms with Crippen molar-refractivity contribution in [1.29, 1.82) is 0 Å². The Balaban J connectivity index is 3.77. The van der Waals surface area contributed by atoms with Gasteiger partial charge >= 0.3 is 0 Å². The van der Waals surface area contributed by atoms with Crippen LogP contribution in [-0.4, -0.2) is 11.4 Å². The number of hydrogen-bond acceptors (Lipinski definition) is 2. The minimum absolute atomic E-state index is 0.131. The van der Waals surface area contributed by atoms with Crippen LogP contribution in [0.3, 0.4) is 0 Å². The molecule has 0 aliphatic heterocycles. The van der Waals surface area contributed by atoms with Crippen LogP contribution < -0.4 is 0 Å². The van der Waals surface area contributed by atoms with Crippen LogP contribution in [0.15, 0.2) is 6.07 Å². The normalized spacial score (nSPS) is 19.4. The Morgan fingerprint density at radius 3 is 2.92 bits per heavy atom. The maximum absolute atomic E-state index is 10.8. The van der Waals surface area contributed by atoms with Gasteiger partial charge in [-0.3, -0.25) is 4.79 Å². The molecular weight excluding hydrogens is 176 g/mol. The second-order valence-corrected chi connectivity index (χ2v) is 2.54. The zero-order valence-electron chi connectivity index (χ0n) is 11.9. The van der Waals surface area contributed by atoms with E-state index in [-0.39, 0.29) is 6.29 Å². The summed E-state index contributed by atoms with van der Waals surface area (Å²) in [5.74, 6) is -0.716. The topological polar surface area (TPSA) is 37.3 Å². The number of aldehydes is 1. The fourth-order valence-electron chi connectivity index (χ4n) is 0.778. The molecule has 1 N–H and O–H groups in total. The third-order valence-electron chi connectivity index (χ3n) is 1.40. The van der Waals surface area contributed by atoms with Crippen molar-refractivity contribution in [2.45, 2.75) is 13.7 Å². The van der Waals surface area contributed by atoms with E-state index in [0.717, 1.165) is 6.07 Å². The SMILES string of the molecule is [2H]C([2H])([2H])c1cc(O)c(C=O)c(C([2H])([2H])[2H])c1Cl. The van der Waals surface area contributed by atoms with Gasteiger partial charge in [0.1, 0.15) is 5.75 Å². The molecule has 1 aromatic carbocycles. The summed E-state index contributed by atoms with van der Waals surface area (Å²) in [5.41, 5.74) is -1.67. The van der Waals surface area contributed by atoms with Gasteiger partial charge in [-0.15, -0.1) is 0 Å². The molecule has 0 amide bonds. The molecule has 12 heavy (non-hydrogen) atoms. The van der Waals surface area contributed by atoms with Crippen molar-refractivity contribution >= 4 is 17.9 Å². The van der Waals surface area contributed by atoms with E-state index in [0.29, 0.717) is 0 Å². The van der Waals surface area contributed by atoms with Gasteiger partial charge in [0.25, 0.3) is 0 Å². The summed E-state index contributed by atoms with van der Waals surface area (Å²) in [7, 11) is 0. The first kappa shape index (κ1) is 3.79. The molecule has 1 aromatic rings. The monoisotopic (exact) mass is 190 g/mol. The lowest BCUT2D eigenvalue weighted by Crippen LogP contribution is -1.90. The van der Waals surface area contributed by atoms with Crippen LogP contribution in [0.25, 0.3) is 0 Å². The molecule has 0 radical (unpaired) electrons. The number of aromatic hydroxyl groups is 1. The Kier molecular flexibility index (Phi) is 0.996. The number of aryl methyl sites for hydroxylation is 1. The molecule has 1 rings (SSSR count). The summed E-state index contributed by atoms with van der Waals surface area (Å²) < 4.78 is 43.4. The van der Waals surface area contributed by atoms with E-state index in [4.69, 9.17) is 19.8 Å². The van der Waals surface area contributed by atoms with Crippen molar-refractivity contribution < 1.29 is 18.1 Å². The van der Waals surface area contributed by atoms with Crippen LogP contribution in [0.2, 0.25) is 5.02 Å². The predicted molar refractivity (Wildman–Crippen MR) is 48.0 cm³/mol. The lowest BCUT2D eigenvalue weighted by molar-refractivity contribution is 0.112. The summed E-state index contributed by atoms with van der Waals surface area (Å²) in [6.07, 6.45) is 0.131. The molecule has 64 valence electrons. The summed E-state index contributed by atoms with van der Waals surface area (Å²) in [5, 5.41) is 8.99. The average Bonchev–Trinajstić information content (AvgIpc) is 2.16. The molecule has 0 spiro atoms. The summed E-state index contributed by atoms with van der Waals surface area (Å²) in [6.45, 7) is -5.48. The van der Waals surface area contributed by atoms with E-state index in [2.05, 4.69) is 0 Å². The van der Waals surface area contributed by atoms with Gasteiger partial charge in [0.05, 0.1) is 5.56 Å². The maximum atomic E-state index is 10.8. The molecule has 0 bridgehead atoms. The molecule has 0 atom stereocenters. The van der Waals surface area contributed by atoms with Crippen molar-refractivity contribution in [2.24, 2.45) is 0 Å². The Hall–Kier alpha value is -1.02. The quantitative estimate of drug-likeness (QED) is 0.691. The van der Waals surface area contributed by atoms with Gasteiger partial charge in [0, 0.05) is 13.2 Å². The fraction of sp³-hybridized carbons (Fsp3) is 0.222. The highest BCUT2D eigenvalue weighted by Crippen LogP contribution is 2.29. The number of benzene rings is 1. The van der Waals surface area contributed by atoms with Crippen molar-refractivity contribution in [2.75, 3.05) is 0 Å². The van der Waals surface area contributed by atoms with Crippen LogP contribution in [0.5, 0.6) is 5.75 Å². The molecule has 0 fully saturated rings. The number of carbonyl (C=O) groups excluding carboxylic acids is 1. The van der Waals surface area contributed by atoms with Crippen LogP contribution in [0.1, 0.15) is 29.7 Å². The Bertz CT molecular complexity index is 491. The molecule has 0 aliphatic carbocycles. The Morgan fingerprint density at radius 1 is 1.67 bits per heavy atom. The minimum atomic E-state index is -2.80. The minimum Gasteiger partial charge on any atom is -0.507 e. The number of carbonyl (C=O) groups is 1. The summed E-state index contributed by atoms with van der Waals surface area (Å²) >= 11 is 5.74. The molecule has 0 saturated heterocycles. The first-order valence-electron chi connectivity index (χ1n) is 6.01. The lowest BCUT2D eigenvalue weighted by atomic mass is 10.1. The third kappa shape index (κ3) is 1.30. The summed E-state index contributed by atoms with van der Waals surface area (Å²) in [6, 6.07) is 0.786. The van der Waals surface area contributed by atoms with Crippen LogP contribution >= 0.6 is 11.6 Å². The van der Waals surface area contributed by atoms with Gasteiger partial charge in [0.15, 0.2) is 6.29 Å². The second-order valence-electron chi connectivity index (χ2n) is 2.16. The van der Waals surface area contributed by atoms with E-state index < -0.39 is 41.2 Å². The number of rotatable bonds is 1. The third-order valence-corrected chi connectivity index (χ3v) is 1.79. The van der Waals surface area contributed by atoms with Crippen LogP contribution in [0.4, 0.5) is 0 Å². The van der Waals surface area contributed by atoms with Crippen molar-refractivity contribution in [1.82, 2.24) is 0 Å². The van der Waals surface area contributed by atoms with Crippen LogP contribution in [-0.2, 0) is 0 Å². The van der Waals surface area contributed by atoms with E-state index in [1.807, 2.05) is 0 Å². The highest BCUT2D eigenvalue weighted by molar-refractivity contribution is 6.32. The molecule has 0 aliphatic rings. The van der Waals surface area contributed by atoms with Crippen molar-refractivity contribution in [3.05, 3.63) is 27.8 Å². The van der Waals surface area contributed by atoms with Gasteiger partial charge in [-0.25, -0.2) is 0 Å². The van der Waals surface area contributed by atoms with Crippen molar-refractivity contribution in [3.8, 4) is 5.75 Å². The maximum Gasteiger partial charge on any atom is 0.154 e. The highest BCUT2D eigenvalue weighted by atomic mass is 35.5.